The summed E-state index contributed by atoms with van der Waals surface area (Å²) in [7, 11) is 0. The molecule has 0 unspecified atom stereocenters. The van der Waals surface area contributed by atoms with Crippen LogP contribution in [-0.4, -0.2) is 35.7 Å². The molecular weight excluding hydrogens is 208 g/mol. The molecule has 1 heterocycles. The minimum absolute atomic E-state index is 0.0444. The monoisotopic (exact) mass is 223 g/mol. The van der Waals surface area contributed by atoms with Gasteiger partial charge in [-0.25, -0.2) is 0 Å². The van der Waals surface area contributed by atoms with Crippen LogP contribution in [0.4, 0.5) is 0 Å². The fourth-order valence-electron chi connectivity index (χ4n) is 2.01. The predicted octanol–water partition coefficient (Wildman–Crippen LogP) is -0.0391. The summed E-state index contributed by atoms with van der Waals surface area (Å²) in [6.45, 7) is 0.491. The van der Waals surface area contributed by atoms with Gasteiger partial charge < -0.3 is 5.32 Å². The van der Waals surface area contributed by atoms with Crippen molar-refractivity contribution in [1.82, 2.24) is 10.2 Å². The van der Waals surface area contributed by atoms with Crippen LogP contribution >= 0.6 is 0 Å². The lowest BCUT2D eigenvalue weighted by Crippen LogP contribution is -2.47. The molecule has 2 rings (SSSR count). The summed E-state index contributed by atoms with van der Waals surface area (Å²) in [6, 6.07) is -0.567. The van der Waals surface area contributed by atoms with E-state index >= 15 is 0 Å². The second kappa shape index (κ2) is 4.63. The number of amides is 3. The zero-order chi connectivity index (χ0) is 11.5. The van der Waals surface area contributed by atoms with Crippen LogP contribution in [0.1, 0.15) is 32.1 Å². The van der Waals surface area contributed by atoms with E-state index in [4.69, 9.17) is 0 Å². The lowest BCUT2D eigenvalue weighted by Gasteiger charge is -2.21. The second-order valence-electron chi connectivity index (χ2n) is 4.40. The van der Waals surface area contributed by atoms with Crippen molar-refractivity contribution in [3.63, 3.8) is 0 Å². The third-order valence-corrected chi connectivity index (χ3v) is 3.11. The average molecular weight is 223 g/mol. The average Bonchev–Trinajstić information content (AvgIpc) is 3.08. The largest absolute Gasteiger partial charge is 0.336 e. The lowest BCUT2D eigenvalue weighted by atomic mass is 10.1. The Bertz CT molecular complexity index is 312. The van der Waals surface area contributed by atoms with E-state index in [-0.39, 0.29) is 17.7 Å². The summed E-state index contributed by atoms with van der Waals surface area (Å²) < 4.78 is 0. The highest BCUT2D eigenvalue weighted by molar-refractivity contribution is 6.00. The molecule has 5 heteroatoms. The van der Waals surface area contributed by atoms with Crippen molar-refractivity contribution in [1.29, 1.82) is 0 Å². The van der Waals surface area contributed by atoms with Crippen LogP contribution in [0, 0.1) is 5.92 Å². The van der Waals surface area contributed by atoms with E-state index in [1.54, 1.807) is 6.41 Å². The van der Waals surface area contributed by atoms with Gasteiger partial charge in [-0.15, -0.1) is 0 Å². The molecule has 0 aromatic rings. The van der Waals surface area contributed by atoms with Gasteiger partial charge in [-0.1, -0.05) is 0 Å². The first kappa shape index (κ1) is 11.1. The Hall–Kier alpha value is -1.39. The van der Waals surface area contributed by atoms with Gasteiger partial charge in [0.25, 0.3) is 5.91 Å². The number of imide groups is 1. The molecule has 0 aromatic carbocycles. The Kier molecular flexibility index (Phi) is 3.22. The van der Waals surface area contributed by atoms with E-state index in [0.717, 1.165) is 25.7 Å². The molecule has 1 atom stereocenters. The molecule has 1 aliphatic heterocycles. The van der Waals surface area contributed by atoms with Crippen molar-refractivity contribution in [3.8, 4) is 0 Å². The number of hydrogen-bond donors (Lipinski definition) is 1. The SMILES string of the molecule is O=[C]N[C@H]1CCCCN(C(=O)C2CC2)C1=O. The van der Waals surface area contributed by atoms with Crippen LogP contribution in [0.5, 0.6) is 0 Å². The minimum Gasteiger partial charge on any atom is -0.336 e. The van der Waals surface area contributed by atoms with Crippen molar-refractivity contribution in [2.24, 2.45) is 5.92 Å². The second-order valence-corrected chi connectivity index (χ2v) is 4.40. The smallest absolute Gasteiger partial charge is 0.309 e. The van der Waals surface area contributed by atoms with E-state index in [9.17, 15) is 14.4 Å². The van der Waals surface area contributed by atoms with Gasteiger partial charge in [-0.2, -0.15) is 0 Å². The van der Waals surface area contributed by atoms with E-state index in [2.05, 4.69) is 5.32 Å². The molecule has 87 valence electrons. The van der Waals surface area contributed by atoms with Gasteiger partial charge in [-0.3, -0.25) is 19.3 Å². The van der Waals surface area contributed by atoms with Gasteiger partial charge in [0.2, 0.25) is 5.91 Å². The van der Waals surface area contributed by atoms with Crippen molar-refractivity contribution >= 4 is 18.2 Å². The summed E-state index contributed by atoms with van der Waals surface area (Å²) in [6.07, 6.45) is 5.59. The van der Waals surface area contributed by atoms with E-state index in [0.29, 0.717) is 13.0 Å². The first-order chi connectivity index (χ1) is 7.74. The maximum absolute atomic E-state index is 12.0. The Morgan fingerprint density at radius 1 is 1.31 bits per heavy atom. The van der Waals surface area contributed by atoms with Gasteiger partial charge in [0.15, 0.2) is 0 Å². The number of likely N-dealkylation sites (tertiary alicyclic amines) is 1. The Balaban J connectivity index is 2.06. The predicted molar refractivity (Wildman–Crippen MR) is 55.9 cm³/mol. The van der Waals surface area contributed by atoms with Gasteiger partial charge >= 0.3 is 6.41 Å². The third-order valence-electron chi connectivity index (χ3n) is 3.11. The quantitative estimate of drug-likeness (QED) is 0.539. The Labute approximate surface area is 94.2 Å². The van der Waals surface area contributed by atoms with Gasteiger partial charge in [-0.05, 0) is 32.1 Å². The topological polar surface area (TPSA) is 66.5 Å². The van der Waals surface area contributed by atoms with Gasteiger partial charge in [0, 0.05) is 12.5 Å². The van der Waals surface area contributed by atoms with Crippen molar-refractivity contribution in [2.45, 2.75) is 38.1 Å². The van der Waals surface area contributed by atoms with E-state index in [1.807, 2.05) is 0 Å². The van der Waals surface area contributed by atoms with Crippen molar-refractivity contribution < 1.29 is 14.4 Å². The maximum Gasteiger partial charge on any atom is 0.309 e. The zero-order valence-electron chi connectivity index (χ0n) is 9.07. The third kappa shape index (κ3) is 2.23. The van der Waals surface area contributed by atoms with Crippen molar-refractivity contribution in [3.05, 3.63) is 0 Å². The number of carbonyl (C=O) groups excluding carboxylic acids is 3. The van der Waals surface area contributed by atoms with Crippen LogP contribution in [0.15, 0.2) is 0 Å². The molecule has 0 spiro atoms. The number of rotatable bonds is 3. The van der Waals surface area contributed by atoms with Crippen LogP contribution in [0.2, 0.25) is 0 Å². The van der Waals surface area contributed by atoms with Gasteiger partial charge in [0.1, 0.15) is 6.04 Å². The van der Waals surface area contributed by atoms with Gasteiger partial charge in [0.05, 0.1) is 0 Å². The zero-order valence-corrected chi connectivity index (χ0v) is 9.07. The molecule has 16 heavy (non-hydrogen) atoms. The molecule has 0 aromatic heterocycles. The standard InChI is InChI=1S/C11H15N2O3/c14-7-12-9-3-1-2-6-13(11(9)16)10(15)8-4-5-8/h8-9H,1-6H2,(H,12,14)/t9-/m0/s1. The van der Waals surface area contributed by atoms with Crippen LogP contribution in [0.25, 0.3) is 0 Å². The number of nitrogens with one attached hydrogen (secondary N) is 1. The summed E-state index contributed by atoms with van der Waals surface area (Å²) in [5.41, 5.74) is 0. The lowest BCUT2D eigenvalue weighted by molar-refractivity contribution is -0.146. The highest BCUT2D eigenvalue weighted by atomic mass is 16.2. The Morgan fingerprint density at radius 3 is 2.69 bits per heavy atom. The van der Waals surface area contributed by atoms with Crippen LogP contribution in [-0.2, 0) is 14.4 Å². The minimum atomic E-state index is -0.567. The molecule has 5 nitrogen and oxygen atoms in total. The van der Waals surface area contributed by atoms with E-state index < -0.39 is 6.04 Å². The highest BCUT2D eigenvalue weighted by Crippen LogP contribution is 2.31. The summed E-state index contributed by atoms with van der Waals surface area (Å²) >= 11 is 0. The Morgan fingerprint density at radius 2 is 2.06 bits per heavy atom. The fourth-order valence-corrected chi connectivity index (χ4v) is 2.01. The molecule has 0 bridgehead atoms. The molecule has 2 aliphatic rings. The molecule has 1 saturated heterocycles. The summed E-state index contributed by atoms with van der Waals surface area (Å²) in [5.74, 6) is -0.287. The molecule has 1 saturated carbocycles. The normalized spacial score (nSPS) is 26.1. The molecule has 1 radical (unpaired) electrons. The van der Waals surface area contributed by atoms with Crippen LogP contribution in [0.3, 0.4) is 0 Å². The maximum atomic E-state index is 12.0. The van der Waals surface area contributed by atoms with Crippen LogP contribution < -0.4 is 5.32 Å². The molecular formula is C11H15N2O3. The summed E-state index contributed by atoms with van der Waals surface area (Å²) in [5, 5.41) is 2.37. The first-order valence-corrected chi connectivity index (χ1v) is 5.72. The number of nitrogens with zero attached hydrogens (tertiary/aromatic N) is 1. The first-order valence-electron chi connectivity index (χ1n) is 5.72. The fraction of sp³-hybridized carbons (Fsp3) is 0.727. The number of hydrogen-bond acceptors (Lipinski definition) is 3. The molecule has 3 amide bonds. The molecule has 1 aliphatic carbocycles. The van der Waals surface area contributed by atoms with Crippen molar-refractivity contribution in [2.75, 3.05) is 6.54 Å². The highest BCUT2D eigenvalue weighted by Gasteiger charge is 2.38. The molecule has 1 N–H and O–H groups in total. The summed E-state index contributed by atoms with van der Waals surface area (Å²) in [4.78, 5) is 35.4. The van der Waals surface area contributed by atoms with E-state index in [1.165, 1.54) is 4.90 Å². The number of carbonyl (C=O) groups is 2. The molecule has 2 fully saturated rings.